The van der Waals surface area contributed by atoms with Crippen LogP contribution in [0, 0.1) is 6.07 Å². The van der Waals surface area contributed by atoms with Gasteiger partial charge in [-0.1, -0.05) is 54.6 Å². The summed E-state index contributed by atoms with van der Waals surface area (Å²) in [7, 11) is -3.97. The summed E-state index contributed by atoms with van der Waals surface area (Å²) < 4.78 is 26.0. The summed E-state index contributed by atoms with van der Waals surface area (Å²) in [5, 5.41) is 0. The van der Waals surface area contributed by atoms with Crippen LogP contribution in [-0.2, 0) is 9.84 Å². The van der Waals surface area contributed by atoms with Crippen LogP contribution in [0.2, 0.25) is 0 Å². The van der Waals surface area contributed by atoms with E-state index in [-0.39, 0.29) is 32.3 Å². The van der Waals surface area contributed by atoms with Gasteiger partial charge in [0.15, 0.2) is 11.6 Å². The van der Waals surface area contributed by atoms with Gasteiger partial charge in [0.1, 0.15) is 0 Å². The summed E-state index contributed by atoms with van der Waals surface area (Å²) in [5.41, 5.74) is 0.560. The molecule has 3 aromatic carbocycles. The van der Waals surface area contributed by atoms with Crippen LogP contribution in [0.5, 0.6) is 0 Å². The summed E-state index contributed by atoms with van der Waals surface area (Å²) in [6.45, 7) is 0. The molecule has 0 unspecified atom stereocenters. The lowest BCUT2D eigenvalue weighted by atomic mass is 9.84. The molecule has 0 N–H and O–H groups in total. The molecule has 1 radical (unpaired) electrons. The average Bonchev–Trinajstić information content (AvgIpc) is 2.66. The van der Waals surface area contributed by atoms with Crippen LogP contribution >= 0.6 is 0 Å². The first kappa shape index (κ1) is 15.5. The first-order valence-corrected chi connectivity index (χ1v) is 9.03. The van der Waals surface area contributed by atoms with E-state index in [4.69, 9.17) is 0 Å². The van der Waals surface area contributed by atoms with E-state index >= 15 is 0 Å². The standard InChI is InChI=1S/C20H11O4S/c21-19-14-9-4-5-10-15(14)20(22)18-16(19)11-6-12-17(18)25(23,24)13-7-2-1-3-8-13/h1-7,9-12H. The van der Waals surface area contributed by atoms with Gasteiger partial charge in [-0.3, -0.25) is 9.59 Å². The highest BCUT2D eigenvalue weighted by Crippen LogP contribution is 2.33. The molecule has 0 atom stereocenters. The van der Waals surface area contributed by atoms with Gasteiger partial charge in [0.05, 0.1) is 15.4 Å². The number of hydrogen-bond acceptors (Lipinski definition) is 4. The quantitative estimate of drug-likeness (QED) is 0.559. The Morgan fingerprint density at radius 1 is 0.680 bits per heavy atom. The molecular weight excluding hydrogens is 336 g/mol. The molecule has 0 spiro atoms. The van der Waals surface area contributed by atoms with Crippen molar-refractivity contribution < 1.29 is 18.0 Å². The van der Waals surface area contributed by atoms with E-state index in [1.807, 2.05) is 0 Å². The summed E-state index contributed by atoms with van der Waals surface area (Å²) in [6.07, 6.45) is 0. The zero-order valence-corrected chi connectivity index (χ0v) is 13.7. The summed E-state index contributed by atoms with van der Waals surface area (Å²) >= 11 is 0. The molecule has 0 aromatic heterocycles. The second-order valence-corrected chi connectivity index (χ2v) is 7.50. The maximum atomic E-state index is 13.0. The van der Waals surface area contributed by atoms with Crippen LogP contribution in [-0.4, -0.2) is 20.0 Å². The van der Waals surface area contributed by atoms with Crippen LogP contribution in [0.4, 0.5) is 0 Å². The third kappa shape index (κ3) is 2.24. The van der Waals surface area contributed by atoms with Gasteiger partial charge < -0.3 is 0 Å². The number of benzene rings is 3. The van der Waals surface area contributed by atoms with Crippen molar-refractivity contribution in [3.63, 3.8) is 0 Å². The van der Waals surface area contributed by atoms with Gasteiger partial charge in [-0.25, -0.2) is 8.42 Å². The van der Waals surface area contributed by atoms with E-state index in [0.29, 0.717) is 5.56 Å². The molecule has 1 aliphatic carbocycles. The lowest BCUT2D eigenvalue weighted by Crippen LogP contribution is -2.23. The number of ketones is 2. The Hall–Kier alpha value is -3.05. The van der Waals surface area contributed by atoms with E-state index in [2.05, 4.69) is 6.07 Å². The fraction of sp³-hybridized carbons (Fsp3) is 0. The van der Waals surface area contributed by atoms with Crippen molar-refractivity contribution in [1.82, 2.24) is 0 Å². The number of sulfone groups is 1. The molecule has 0 amide bonds. The number of carbonyl (C=O) groups is 2. The number of fused-ring (bicyclic) bond motifs is 2. The Labute approximate surface area is 144 Å². The third-order valence-corrected chi connectivity index (χ3v) is 5.93. The highest BCUT2D eigenvalue weighted by atomic mass is 32.2. The molecule has 25 heavy (non-hydrogen) atoms. The zero-order chi connectivity index (χ0) is 17.6. The van der Waals surface area contributed by atoms with Crippen LogP contribution in [0.15, 0.2) is 76.5 Å². The van der Waals surface area contributed by atoms with Gasteiger partial charge in [0.2, 0.25) is 9.84 Å². The molecule has 4 rings (SSSR count). The van der Waals surface area contributed by atoms with Crippen molar-refractivity contribution in [1.29, 1.82) is 0 Å². The van der Waals surface area contributed by atoms with Crippen LogP contribution in [0.1, 0.15) is 31.8 Å². The molecule has 0 saturated carbocycles. The van der Waals surface area contributed by atoms with Gasteiger partial charge in [0, 0.05) is 22.8 Å². The largest absolute Gasteiger partial charge is 0.289 e. The zero-order valence-electron chi connectivity index (χ0n) is 12.9. The number of hydrogen-bond donors (Lipinski definition) is 0. The fourth-order valence-electron chi connectivity index (χ4n) is 3.00. The molecule has 0 bridgehead atoms. The monoisotopic (exact) mass is 347 g/mol. The molecule has 3 aromatic rings. The SMILES string of the molecule is O=C1c2ccccc2C(=O)c2c1cccc2S(=O)(=O)c1[c]cccc1. The normalized spacial score (nSPS) is 13.3. The van der Waals surface area contributed by atoms with E-state index in [0.717, 1.165) is 0 Å². The molecule has 0 fully saturated rings. The highest BCUT2D eigenvalue weighted by molar-refractivity contribution is 7.91. The third-order valence-electron chi connectivity index (χ3n) is 4.17. The van der Waals surface area contributed by atoms with E-state index in [9.17, 15) is 18.0 Å². The van der Waals surface area contributed by atoms with Crippen molar-refractivity contribution in [2.24, 2.45) is 0 Å². The van der Waals surface area contributed by atoms with E-state index in [1.54, 1.807) is 30.3 Å². The summed E-state index contributed by atoms with van der Waals surface area (Å²) in [5.74, 6) is -0.806. The van der Waals surface area contributed by atoms with Crippen LogP contribution < -0.4 is 0 Å². The predicted octanol–water partition coefficient (Wildman–Crippen LogP) is 3.09. The van der Waals surface area contributed by atoms with Gasteiger partial charge in [-0.2, -0.15) is 0 Å². The first-order chi connectivity index (χ1) is 12.0. The van der Waals surface area contributed by atoms with E-state index < -0.39 is 15.6 Å². The lowest BCUT2D eigenvalue weighted by Gasteiger charge is -2.20. The minimum atomic E-state index is -3.97. The Bertz CT molecular complexity index is 1130. The molecule has 4 nitrogen and oxygen atoms in total. The Kier molecular flexibility index (Phi) is 3.40. The molecule has 1 aliphatic rings. The highest BCUT2D eigenvalue weighted by Gasteiger charge is 2.35. The Morgan fingerprint density at radius 2 is 1.32 bits per heavy atom. The van der Waals surface area contributed by atoms with Crippen LogP contribution in [0.25, 0.3) is 0 Å². The molecule has 0 saturated heterocycles. The Morgan fingerprint density at radius 3 is 2.00 bits per heavy atom. The summed E-state index contributed by atoms with van der Waals surface area (Å²) in [4.78, 5) is 25.4. The molecule has 121 valence electrons. The maximum Gasteiger partial charge on any atom is 0.207 e. The minimum absolute atomic E-state index is 0.0393. The van der Waals surface area contributed by atoms with Gasteiger partial charge >= 0.3 is 0 Å². The predicted molar refractivity (Wildman–Crippen MR) is 90.5 cm³/mol. The average molecular weight is 347 g/mol. The lowest BCUT2D eigenvalue weighted by molar-refractivity contribution is 0.0976. The number of carbonyl (C=O) groups excluding carboxylic acids is 2. The second-order valence-electron chi connectivity index (χ2n) is 5.61. The maximum absolute atomic E-state index is 13.0. The molecule has 0 aliphatic heterocycles. The molecule has 0 heterocycles. The van der Waals surface area contributed by atoms with Crippen molar-refractivity contribution in [3.8, 4) is 0 Å². The summed E-state index contributed by atoms with van der Waals surface area (Å²) in [6, 6.07) is 19.6. The molecule has 5 heteroatoms. The van der Waals surface area contributed by atoms with Crippen molar-refractivity contribution >= 4 is 21.4 Å². The molecular formula is C20H11O4S. The number of rotatable bonds is 2. The first-order valence-electron chi connectivity index (χ1n) is 7.55. The van der Waals surface area contributed by atoms with Crippen molar-refractivity contribution in [2.45, 2.75) is 9.79 Å². The van der Waals surface area contributed by atoms with E-state index in [1.165, 1.54) is 36.4 Å². The van der Waals surface area contributed by atoms with Gasteiger partial charge in [-0.15, -0.1) is 0 Å². The minimum Gasteiger partial charge on any atom is -0.289 e. The van der Waals surface area contributed by atoms with Gasteiger partial charge in [-0.05, 0) is 12.1 Å². The smallest absolute Gasteiger partial charge is 0.207 e. The fourth-order valence-corrected chi connectivity index (χ4v) is 4.45. The second kappa shape index (κ2) is 5.50. The topological polar surface area (TPSA) is 68.3 Å². The van der Waals surface area contributed by atoms with Crippen molar-refractivity contribution in [2.75, 3.05) is 0 Å². The van der Waals surface area contributed by atoms with Crippen LogP contribution in [0.3, 0.4) is 0 Å². The van der Waals surface area contributed by atoms with Gasteiger partial charge in [0.25, 0.3) is 0 Å². The Balaban J connectivity index is 2.01. The van der Waals surface area contributed by atoms with Crippen molar-refractivity contribution in [3.05, 3.63) is 95.1 Å².